The molecule has 0 bridgehead atoms. The highest BCUT2D eigenvalue weighted by Gasteiger charge is 2.00. The molecule has 21 heavy (non-hydrogen) atoms. The number of rotatable bonds is 9. The van der Waals surface area contributed by atoms with Gasteiger partial charge in [-0.05, 0) is 32.0 Å². The number of nitrogens with one attached hydrogen (secondary N) is 1. The number of halogens is 1. The highest BCUT2D eigenvalue weighted by atomic mass is 35.5. The average Bonchev–Trinajstić information content (AvgIpc) is 2.44. The Bertz CT molecular complexity index is 413. The lowest BCUT2D eigenvalue weighted by Gasteiger charge is -2.16. The second-order valence-corrected chi connectivity index (χ2v) is 4.82. The molecule has 0 aliphatic heterocycles. The van der Waals surface area contributed by atoms with Crippen molar-refractivity contribution >= 4 is 24.5 Å². The Hall–Kier alpha value is -1.59. The highest BCUT2D eigenvalue weighted by molar-refractivity contribution is 6.25. The number of nitrogens with zero attached hydrogens (tertiary/aromatic N) is 2. The van der Waals surface area contributed by atoms with Gasteiger partial charge >= 0.3 is 0 Å². The number of amides is 1. The number of carbonyl (C=O) groups excluding carboxylic acids is 1. The van der Waals surface area contributed by atoms with Gasteiger partial charge in [-0.1, -0.05) is 41.9 Å². The van der Waals surface area contributed by atoms with Gasteiger partial charge in [0, 0.05) is 13.1 Å². The predicted octanol–water partition coefficient (Wildman–Crippen LogP) is 2.29. The fourth-order valence-electron chi connectivity index (χ4n) is 1.97. The smallest absolute Gasteiger partial charge is 0.265 e. The molecule has 0 aliphatic carbocycles. The van der Waals surface area contributed by atoms with E-state index in [0.29, 0.717) is 6.54 Å². The molecule has 0 fully saturated rings. The molecule has 1 aromatic carbocycles. The summed E-state index contributed by atoms with van der Waals surface area (Å²) in [6.07, 6.45) is 3.97. The number of hydrogen-bond acceptors (Lipinski definition) is 4. The van der Waals surface area contributed by atoms with Crippen molar-refractivity contribution in [2.45, 2.75) is 25.8 Å². The normalized spacial score (nSPS) is 10.6. The van der Waals surface area contributed by atoms with Crippen LogP contribution in [0.25, 0.3) is 0 Å². The third kappa shape index (κ3) is 9.87. The minimum absolute atomic E-state index is 0. The van der Waals surface area contributed by atoms with Crippen molar-refractivity contribution in [3.05, 3.63) is 35.9 Å². The Morgan fingerprint density at radius 3 is 2.67 bits per heavy atom. The maximum atomic E-state index is 11.0. The van der Waals surface area contributed by atoms with E-state index in [0.717, 1.165) is 38.6 Å². The number of oxime groups is 1. The summed E-state index contributed by atoms with van der Waals surface area (Å²) < 4.78 is 0. The molecule has 5 nitrogen and oxygen atoms in total. The molecule has 0 saturated carbocycles. The van der Waals surface area contributed by atoms with E-state index in [1.54, 1.807) is 0 Å². The Morgan fingerprint density at radius 2 is 2.00 bits per heavy atom. The SMILES string of the molecule is CN(CCCCCNC(=O)C=NO)Cc1ccccc1.Cl. The highest BCUT2D eigenvalue weighted by Crippen LogP contribution is 2.04. The first-order valence-electron chi connectivity index (χ1n) is 6.90. The van der Waals surface area contributed by atoms with Crippen LogP contribution < -0.4 is 5.32 Å². The lowest BCUT2D eigenvalue weighted by Crippen LogP contribution is -2.25. The fraction of sp³-hybridized carbons (Fsp3) is 0.467. The molecule has 0 radical (unpaired) electrons. The largest absolute Gasteiger partial charge is 0.411 e. The van der Waals surface area contributed by atoms with Crippen LogP contribution in [0.1, 0.15) is 24.8 Å². The van der Waals surface area contributed by atoms with Crippen LogP contribution in [0.4, 0.5) is 0 Å². The summed E-state index contributed by atoms with van der Waals surface area (Å²) in [5, 5.41) is 13.5. The zero-order chi connectivity index (χ0) is 14.6. The van der Waals surface area contributed by atoms with Crippen molar-refractivity contribution in [2.75, 3.05) is 20.1 Å². The van der Waals surface area contributed by atoms with Gasteiger partial charge in [-0.25, -0.2) is 0 Å². The quantitative estimate of drug-likeness (QED) is 0.318. The van der Waals surface area contributed by atoms with E-state index in [9.17, 15) is 4.79 Å². The minimum atomic E-state index is -0.353. The van der Waals surface area contributed by atoms with E-state index in [1.165, 1.54) is 5.56 Å². The van der Waals surface area contributed by atoms with Gasteiger partial charge in [0.25, 0.3) is 5.91 Å². The minimum Gasteiger partial charge on any atom is -0.411 e. The first-order valence-corrected chi connectivity index (χ1v) is 6.90. The topological polar surface area (TPSA) is 64.9 Å². The third-order valence-corrected chi connectivity index (χ3v) is 2.99. The van der Waals surface area contributed by atoms with Crippen molar-refractivity contribution < 1.29 is 10.0 Å². The summed E-state index contributed by atoms with van der Waals surface area (Å²) in [7, 11) is 2.12. The molecule has 118 valence electrons. The first kappa shape index (κ1) is 19.4. The molecule has 0 unspecified atom stereocenters. The Balaban J connectivity index is 0.00000400. The second kappa shape index (κ2) is 12.2. The van der Waals surface area contributed by atoms with Crippen LogP contribution in [0.15, 0.2) is 35.5 Å². The van der Waals surface area contributed by atoms with E-state index in [4.69, 9.17) is 5.21 Å². The maximum Gasteiger partial charge on any atom is 0.265 e. The van der Waals surface area contributed by atoms with E-state index < -0.39 is 0 Å². The molecule has 0 atom stereocenters. The molecule has 0 saturated heterocycles. The summed E-state index contributed by atoms with van der Waals surface area (Å²) in [5.74, 6) is -0.353. The Morgan fingerprint density at radius 1 is 1.29 bits per heavy atom. The van der Waals surface area contributed by atoms with Gasteiger partial charge in [-0.3, -0.25) is 4.79 Å². The van der Waals surface area contributed by atoms with Crippen LogP contribution in [0, 0.1) is 0 Å². The van der Waals surface area contributed by atoms with E-state index in [1.807, 2.05) is 6.07 Å². The van der Waals surface area contributed by atoms with Crippen molar-refractivity contribution in [1.29, 1.82) is 0 Å². The van der Waals surface area contributed by atoms with E-state index in [2.05, 4.69) is 46.7 Å². The monoisotopic (exact) mass is 313 g/mol. The van der Waals surface area contributed by atoms with E-state index in [-0.39, 0.29) is 18.3 Å². The van der Waals surface area contributed by atoms with Crippen LogP contribution in [0.3, 0.4) is 0 Å². The van der Waals surface area contributed by atoms with Crippen molar-refractivity contribution in [3.8, 4) is 0 Å². The van der Waals surface area contributed by atoms with Crippen LogP contribution >= 0.6 is 12.4 Å². The molecule has 0 aromatic heterocycles. The average molecular weight is 314 g/mol. The van der Waals surface area contributed by atoms with Crippen molar-refractivity contribution in [1.82, 2.24) is 10.2 Å². The molecular formula is C15H24ClN3O2. The molecule has 2 N–H and O–H groups in total. The molecule has 0 aliphatic rings. The van der Waals surface area contributed by atoms with Crippen LogP contribution in [-0.4, -0.2) is 42.4 Å². The fourth-order valence-corrected chi connectivity index (χ4v) is 1.97. The predicted molar refractivity (Wildman–Crippen MR) is 87.2 cm³/mol. The summed E-state index contributed by atoms with van der Waals surface area (Å²) in [6.45, 7) is 2.62. The maximum absolute atomic E-state index is 11.0. The van der Waals surface area contributed by atoms with Crippen molar-refractivity contribution in [2.24, 2.45) is 5.16 Å². The molecule has 0 heterocycles. The standard InChI is InChI=1S/C15H23N3O2.ClH/c1-18(13-14-8-4-2-5-9-14)11-7-3-6-10-16-15(19)12-17-20;/h2,4-5,8-9,12,20H,3,6-7,10-11,13H2,1H3,(H,16,19);1H. The van der Waals surface area contributed by atoms with Gasteiger partial charge in [-0.15, -0.1) is 12.4 Å². The summed E-state index contributed by atoms with van der Waals surface area (Å²) in [5.41, 5.74) is 1.32. The zero-order valence-corrected chi connectivity index (χ0v) is 13.2. The summed E-state index contributed by atoms with van der Waals surface area (Å²) in [6, 6.07) is 10.4. The summed E-state index contributed by atoms with van der Waals surface area (Å²) >= 11 is 0. The molecule has 0 spiro atoms. The molecule has 1 rings (SSSR count). The Kier molecular flexibility index (Phi) is 11.3. The van der Waals surface area contributed by atoms with Gasteiger partial charge in [0.2, 0.25) is 0 Å². The van der Waals surface area contributed by atoms with Gasteiger partial charge in [0.1, 0.15) is 6.21 Å². The molecule has 6 heteroatoms. The van der Waals surface area contributed by atoms with Gasteiger partial charge in [0.05, 0.1) is 0 Å². The zero-order valence-electron chi connectivity index (χ0n) is 12.4. The third-order valence-electron chi connectivity index (χ3n) is 2.99. The lowest BCUT2D eigenvalue weighted by molar-refractivity contribution is -0.114. The van der Waals surface area contributed by atoms with Crippen molar-refractivity contribution in [3.63, 3.8) is 0 Å². The summed E-state index contributed by atoms with van der Waals surface area (Å²) in [4.78, 5) is 13.3. The van der Waals surface area contributed by atoms with E-state index >= 15 is 0 Å². The second-order valence-electron chi connectivity index (χ2n) is 4.82. The number of hydrogen-bond donors (Lipinski definition) is 2. The lowest BCUT2D eigenvalue weighted by atomic mass is 10.2. The Labute approximate surface area is 132 Å². The number of unbranched alkanes of at least 4 members (excludes halogenated alkanes) is 2. The van der Waals surface area contributed by atoms with Gasteiger partial charge in [0.15, 0.2) is 0 Å². The van der Waals surface area contributed by atoms with Gasteiger partial charge in [-0.2, -0.15) is 0 Å². The molecular weight excluding hydrogens is 290 g/mol. The molecule has 1 aromatic rings. The molecule has 1 amide bonds. The van der Waals surface area contributed by atoms with Crippen LogP contribution in [0.2, 0.25) is 0 Å². The first-order chi connectivity index (χ1) is 9.72. The van der Waals surface area contributed by atoms with Gasteiger partial charge < -0.3 is 15.4 Å². The number of benzene rings is 1. The van der Waals surface area contributed by atoms with Crippen LogP contribution in [0.5, 0.6) is 0 Å². The van der Waals surface area contributed by atoms with Crippen LogP contribution in [-0.2, 0) is 11.3 Å². The number of carbonyl (C=O) groups is 1.